The van der Waals surface area contributed by atoms with Crippen LogP contribution in [0, 0.1) is 25.7 Å². The van der Waals surface area contributed by atoms with Gasteiger partial charge in [-0.2, -0.15) is 10.2 Å². The van der Waals surface area contributed by atoms with E-state index >= 15 is 0 Å². The predicted octanol–water partition coefficient (Wildman–Crippen LogP) is 10.0. The van der Waals surface area contributed by atoms with Crippen LogP contribution < -0.4 is 20.5 Å². The minimum absolute atomic E-state index is 0.0291. The second-order valence-corrected chi connectivity index (χ2v) is 15.5. The third-order valence-electron chi connectivity index (χ3n) is 8.68. The first-order chi connectivity index (χ1) is 27.7. The number of hydrogen-bond donors (Lipinski definition) is 2. The predicted molar refractivity (Wildman–Crippen MR) is 230 cm³/mol. The molecule has 0 aliphatic carbocycles. The summed E-state index contributed by atoms with van der Waals surface area (Å²) < 4.78 is 20.9. The fourth-order valence-electron chi connectivity index (χ4n) is 5.74. The van der Waals surface area contributed by atoms with E-state index in [0.717, 1.165) is 34.0 Å². The minimum atomic E-state index is -0.451. The molecule has 6 aromatic rings. The lowest BCUT2D eigenvalue weighted by Gasteiger charge is -2.14. The van der Waals surface area contributed by atoms with Gasteiger partial charge in [-0.1, -0.05) is 87.3 Å². The number of nitrogens with two attached hydrogens (primary N) is 1. The lowest BCUT2D eigenvalue weighted by molar-refractivity contribution is 0.0470. The van der Waals surface area contributed by atoms with Crippen molar-refractivity contribution in [3.8, 4) is 11.5 Å². The number of aryl methyl sites for hydroxylation is 2. The van der Waals surface area contributed by atoms with Crippen molar-refractivity contribution in [2.24, 2.45) is 11.8 Å². The number of hydrogen-bond acceptors (Lipinski definition) is 8. The Balaban J connectivity index is 0.000000269. The van der Waals surface area contributed by atoms with E-state index in [1.807, 2.05) is 61.0 Å². The molecule has 0 bridgehead atoms. The van der Waals surface area contributed by atoms with Crippen LogP contribution in [0.1, 0.15) is 76.5 Å². The number of nitrogens with zero attached hydrogens (tertiary/aromatic N) is 4. The molecule has 4 aromatic carbocycles. The summed E-state index contributed by atoms with van der Waals surface area (Å²) in [4.78, 5) is 25.5. The largest absolute Gasteiger partial charge is 0.493 e. The van der Waals surface area contributed by atoms with Gasteiger partial charge in [0.05, 0.1) is 31.9 Å². The Hall–Kier alpha value is -5.78. The number of carbonyl (C=O) groups excluding carboxylic acids is 2. The average Bonchev–Trinajstić information content (AvgIpc) is 3.70. The summed E-state index contributed by atoms with van der Waals surface area (Å²) in [5.41, 5.74) is 10.9. The Morgan fingerprint density at radius 3 is 1.78 bits per heavy atom. The van der Waals surface area contributed by atoms with Crippen LogP contribution in [0.4, 0.5) is 11.6 Å². The zero-order valence-electron chi connectivity index (χ0n) is 33.7. The van der Waals surface area contributed by atoms with Crippen LogP contribution >= 0.6 is 23.2 Å². The molecule has 0 aliphatic heterocycles. The first kappa shape index (κ1) is 43.3. The number of ether oxygens (including phenoxy) is 3. The summed E-state index contributed by atoms with van der Waals surface area (Å²) in [6.07, 6.45) is 0. The topological polar surface area (TPSA) is 136 Å². The molecule has 0 aliphatic rings. The van der Waals surface area contributed by atoms with E-state index in [0.29, 0.717) is 76.5 Å². The van der Waals surface area contributed by atoms with Crippen molar-refractivity contribution in [3.63, 3.8) is 0 Å². The fraction of sp³-hybridized carbons (Fsp3) is 0.289. The summed E-state index contributed by atoms with van der Waals surface area (Å²) >= 11 is 12.3. The third kappa shape index (κ3) is 12.6. The molecule has 58 heavy (non-hydrogen) atoms. The van der Waals surface area contributed by atoms with Crippen molar-refractivity contribution in [2.75, 3.05) is 24.3 Å². The van der Waals surface area contributed by atoms with Gasteiger partial charge in [-0.05, 0) is 80.3 Å². The molecular weight excluding hydrogens is 775 g/mol. The molecule has 3 N–H and O–H groups in total. The maximum Gasteiger partial charge on any atom is 0.338 e. The number of nitrogen functional groups attached to an aromatic ring is 1. The van der Waals surface area contributed by atoms with Crippen molar-refractivity contribution in [3.05, 3.63) is 152 Å². The van der Waals surface area contributed by atoms with Gasteiger partial charge < -0.3 is 25.3 Å². The number of carbonyl (C=O) groups is 2. The first-order valence-corrected chi connectivity index (χ1v) is 19.8. The lowest BCUT2D eigenvalue weighted by atomic mass is 10.1. The molecule has 304 valence electrons. The molecule has 0 atom stereocenters. The monoisotopic (exact) mass is 824 g/mol. The summed E-state index contributed by atoms with van der Waals surface area (Å²) in [5, 5.41) is 13.0. The number of anilines is 2. The van der Waals surface area contributed by atoms with Crippen LogP contribution in [0.25, 0.3) is 0 Å². The molecule has 2 aromatic heterocycles. The number of halogens is 2. The smallest absolute Gasteiger partial charge is 0.338 e. The Morgan fingerprint density at radius 1 is 0.690 bits per heavy atom. The SMILES string of the molecule is Cc1cc(N)nn1Cc1cc(Cl)ccc1OCC(C)C.Cc1cc(NC(=O)c2ccccc2COC(=O)c2ccccc2)nn1Cc1cc(Cl)ccc1OCC(C)C. The molecule has 13 heteroatoms. The van der Waals surface area contributed by atoms with Crippen molar-refractivity contribution >= 4 is 46.7 Å². The molecule has 11 nitrogen and oxygen atoms in total. The van der Waals surface area contributed by atoms with Crippen LogP contribution in [0.5, 0.6) is 11.5 Å². The van der Waals surface area contributed by atoms with Crippen LogP contribution in [0.15, 0.2) is 103 Å². The molecule has 0 saturated heterocycles. The van der Waals surface area contributed by atoms with E-state index in [2.05, 4.69) is 43.2 Å². The molecule has 0 radical (unpaired) electrons. The van der Waals surface area contributed by atoms with Crippen molar-refractivity contribution in [2.45, 2.75) is 61.2 Å². The summed E-state index contributed by atoms with van der Waals surface area (Å²) in [7, 11) is 0. The van der Waals surface area contributed by atoms with Crippen LogP contribution in [0.2, 0.25) is 10.0 Å². The molecular formula is C45H50Cl2N6O5. The standard InChI is InChI=1S/C30H30ClN3O4.C15H20ClN3O/c1-20(2)18-37-27-14-13-25(31)16-24(27)17-34-21(3)15-28(33-34)32-29(35)26-12-8-7-11-23(26)19-38-30(36)22-9-5-4-6-10-22;1-10(2)9-20-14-5-4-13(16)7-12(14)8-19-11(3)6-15(17)18-19/h4-16,20H,17-19H2,1-3H3,(H,32,33,35);4-7,10H,8-9H2,1-3H3,(H2,17,18). The Kier molecular flexibility index (Phi) is 15.4. The number of aromatic nitrogens is 4. The molecule has 0 unspecified atom stereocenters. The van der Waals surface area contributed by atoms with Crippen molar-refractivity contribution < 1.29 is 23.8 Å². The molecule has 0 spiro atoms. The Labute approximate surface area is 350 Å². The number of benzene rings is 4. The summed E-state index contributed by atoms with van der Waals surface area (Å²) in [6.45, 7) is 14.6. The Bertz CT molecular complexity index is 2300. The molecule has 6 rings (SSSR count). The van der Waals surface area contributed by atoms with Crippen molar-refractivity contribution in [1.29, 1.82) is 0 Å². The fourth-order valence-corrected chi connectivity index (χ4v) is 6.13. The first-order valence-electron chi connectivity index (χ1n) is 19.0. The van der Waals surface area contributed by atoms with E-state index in [4.69, 9.17) is 43.1 Å². The van der Waals surface area contributed by atoms with Crippen LogP contribution in [0.3, 0.4) is 0 Å². The molecule has 2 heterocycles. The zero-order valence-corrected chi connectivity index (χ0v) is 35.2. The maximum atomic E-state index is 13.1. The quantitative estimate of drug-likeness (QED) is 0.0978. The van der Waals surface area contributed by atoms with Gasteiger partial charge in [-0.3, -0.25) is 14.2 Å². The Morgan fingerprint density at radius 2 is 1.22 bits per heavy atom. The highest BCUT2D eigenvalue weighted by Gasteiger charge is 2.17. The minimum Gasteiger partial charge on any atom is -0.493 e. The highest BCUT2D eigenvalue weighted by molar-refractivity contribution is 6.31. The average molecular weight is 826 g/mol. The normalized spacial score (nSPS) is 10.9. The van der Waals surface area contributed by atoms with Gasteiger partial charge in [0, 0.05) is 55.8 Å². The van der Waals surface area contributed by atoms with E-state index < -0.39 is 5.97 Å². The van der Waals surface area contributed by atoms with Gasteiger partial charge in [0.1, 0.15) is 23.9 Å². The van der Waals surface area contributed by atoms with Crippen molar-refractivity contribution in [1.82, 2.24) is 19.6 Å². The number of nitrogens with one attached hydrogen (secondary N) is 1. The number of esters is 1. The second kappa shape index (κ2) is 20.6. The third-order valence-corrected chi connectivity index (χ3v) is 9.15. The molecule has 0 saturated carbocycles. The highest BCUT2D eigenvalue weighted by atomic mass is 35.5. The van der Waals surface area contributed by atoms with Gasteiger partial charge in [0.15, 0.2) is 5.82 Å². The van der Waals surface area contributed by atoms with Gasteiger partial charge >= 0.3 is 5.97 Å². The van der Waals surface area contributed by atoms with Gasteiger partial charge in [0.25, 0.3) is 5.91 Å². The van der Waals surface area contributed by atoms with Gasteiger partial charge in [0.2, 0.25) is 0 Å². The maximum absolute atomic E-state index is 13.1. The van der Waals surface area contributed by atoms with Gasteiger partial charge in [-0.25, -0.2) is 4.79 Å². The molecule has 1 amide bonds. The second-order valence-electron chi connectivity index (χ2n) is 14.7. The lowest BCUT2D eigenvalue weighted by Crippen LogP contribution is -2.16. The van der Waals surface area contributed by atoms with Crippen LogP contribution in [-0.4, -0.2) is 44.7 Å². The van der Waals surface area contributed by atoms with E-state index in [9.17, 15) is 9.59 Å². The summed E-state index contributed by atoms with van der Waals surface area (Å²) in [5.74, 6) is 2.60. The van der Waals surface area contributed by atoms with E-state index in [1.165, 1.54) is 0 Å². The highest BCUT2D eigenvalue weighted by Crippen LogP contribution is 2.27. The van der Waals surface area contributed by atoms with E-state index in [-0.39, 0.29) is 12.5 Å². The number of rotatable bonds is 15. The summed E-state index contributed by atoms with van der Waals surface area (Å²) in [6, 6.07) is 30.6. The number of amides is 1. The van der Waals surface area contributed by atoms with Crippen LogP contribution in [-0.2, 0) is 24.4 Å². The zero-order chi connectivity index (χ0) is 41.8. The van der Waals surface area contributed by atoms with E-state index in [1.54, 1.807) is 65.3 Å². The van der Waals surface area contributed by atoms with Gasteiger partial charge in [-0.15, -0.1) is 0 Å². The molecule has 0 fully saturated rings.